The fourth-order valence-corrected chi connectivity index (χ4v) is 3.41. The lowest BCUT2D eigenvalue weighted by molar-refractivity contribution is 0.0904. The summed E-state index contributed by atoms with van der Waals surface area (Å²) in [6.45, 7) is 4.76. The van der Waals surface area contributed by atoms with Gasteiger partial charge in [0.15, 0.2) is 0 Å². The average Bonchev–Trinajstić information content (AvgIpc) is 3.12. The Morgan fingerprint density at radius 2 is 2.45 bits per heavy atom. The number of nitrogens with zero attached hydrogens (tertiary/aromatic N) is 3. The standard InChI is InChI=1S/C14H20N4OS/c1-10-13(20-9-16-10)7-15-5-11-3-4-19-14(11)12-6-17-18(2)8-12/h6,8-9,11,14-15H,3-5,7H2,1-2H3/t11-,14-/m0/s1. The van der Waals surface area contributed by atoms with Gasteiger partial charge < -0.3 is 10.1 Å². The third kappa shape index (κ3) is 2.92. The fourth-order valence-electron chi connectivity index (χ4n) is 2.67. The van der Waals surface area contributed by atoms with Crippen LogP contribution < -0.4 is 5.32 Å². The van der Waals surface area contributed by atoms with Gasteiger partial charge in [0.05, 0.1) is 23.5 Å². The number of hydrogen-bond donors (Lipinski definition) is 1. The summed E-state index contributed by atoms with van der Waals surface area (Å²) in [5.41, 5.74) is 4.23. The molecule has 0 aromatic carbocycles. The van der Waals surface area contributed by atoms with Crippen LogP contribution in [0.1, 0.15) is 28.7 Å². The highest BCUT2D eigenvalue weighted by Gasteiger charge is 2.30. The van der Waals surface area contributed by atoms with Crippen molar-refractivity contribution in [2.75, 3.05) is 13.2 Å². The molecule has 1 fully saturated rings. The van der Waals surface area contributed by atoms with Crippen molar-refractivity contribution in [2.24, 2.45) is 13.0 Å². The minimum atomic E-state index is 0.179. The molecular formula is C14H20N4OS. The Bertz CT molecular complexity index is 565. The van der Waals surface area contributed by atoms with Crippen molar-refractivity contribution in [1.82, 2.24) is 20.1 Å². The first-order valence-corrected chi connectivity index (χ1v) is 7.82. The van der Waals surface area contributed by atoms with Crippen molar-refractivity contribution in [2.45, 2.75) is 26.0 Å². The van der Waals surface area contributed by atoms with Crippen LogP contribution in [0, 0.1) is 12.8 Å². The SMILES string of the molecule is Cc1ncsc1CNC[C@@H]1CCO[C@@H]1c1cnn(C)c1. The van der Waals surface area contributed by atoms with Crippen LogP contribution in [0.5, 0.6) is 0 Å². The van der Waals surface area contributed by atoms with Gasteiger partial charge in [0.2, 0.25) is 0 Å². The highest BCUT2D eigenvalue weighted by molar-refractivity contribution is 7.09. The molecule has 108 valence electrons. The van der Waals surface area contributed by atoms with Crippen molar-refractivity contribution < 1.29 is 4.74 Å². The molecule has 0 aliphatic carbocycles. The zero-order valence-corrected chi connectivity index (χ0v) is 12.7. The summed E-state index contributed by atoms with van der Waals surface area (Å²) in [5.74, 6) is 0.521. The van der Waals surface area contributed by atoms with Crippen LogP contribution in [-0.4, -0.2) is 27.9 Å². The third-order valence-electron chi connectivity index (χ3n) is 3.80. The van der Waals surface area contributed by atoms with Gasteiger partial charge in [-0.1, -0.05) is 0 Å². The van der Waals surface area contributed by atoms with E-state index < -0.39 is 0 Å². The van der Waals surface area contributed by atoms with Crippen LogP contribution in [0.2, 0.25) is 0 Å². The Labute approximate surface area is 123 Å². The lowest BCUT2D eigenvalue weighted by atomic mass is 9.97. The first-order chi connectivity index (χ1) is 9.74. The molecule has 1 saturated heterocycles. The topological polar surface area (TPSA) is 52.0 Å². The lowest BCUT2D eigenvalue weighted by Gasteiger charge is -2.17. The number of aromatic nitrogens is 3. The Balaban J connectivity index is 1.55. The maximum Gasteiger partial charge on any atom is 0.0896 e. The Kier molecular flexibility index (Phi) is 4.14. The van der Waals surface area contributed by atoms with Crippen LogP contribution in [0.4, 0.5) is 0 Å². The van der Waals surface area contributed by atoms with Crippen molar-refractivity contribution in [3.05, 3.63) is 34.0 Å². The third-order valence-corrected chi connectivity index (χ3v) is 4.74. The maximum absolute atomic E-state index is 5.87. The molecule has 2 aromatic heterocycles. The van der Waals surface area contributed by atoms with Gasteiger partial charge in [-0.3, -0.25) is 4.68 Å². The molecule has 0 bridgehead atoms. The van der Waals surface area contributed by atoms with E-state index in [2.05, 4.69) is 28.5 Å². The van der Waals surface area contributed by atoms with Gasteiger partial charge in [0.1, 0.15) is 0 Å². The van der Waals surface area contributed by atoms with Crippen LogP contribution in [0.3, 0.4) is 0 Å². The van der Waals surface area contributed by atoms with Crippen molar-refractivity contribution >= 4 is 11.3 Å². The number of hydrogen-bond acceptors (Lipinski definition) is 5. The van der Waals surface area contributed by atoms with E-state index in [4.69, 9.17) is 4.74 Å². The molecule has 2 aromatic rings. The molecule has 0 saturated carbocycles. The molecule has 0 amide bonds. The molecule has 20 heavy (non-hydrogen) atoms. The van der Waals surface area contributed by atoms with Crippen molar-refractivity contribution in [3.8, 4) is 0 Å². The molecule has 0 unspecified atom stereocenters. The summed E-state index contributed by atoms with van der Waals surface area (Å²) >= 11 is 1.71. The van der Waals surface area contributed by atoms with Crippen LogP contribution in [0.15, 0.2) is 17.9 Å². The Morgan fingerprint density at radius 3 is 3.15 bits per heavy atom. The van der Waals surface area contributed by atoms with E-state index in [9.17, 15) is 0 Å². The first kappa shape index (κ1) is 13.7. The van der Waals surface area contributed by atoms with E-state index in [1.165, 1.54) is 10.4 Å². The molecule has 3 rings (SSSR count). The second-order valence-corrected chi connectivity index (χ2v) is 6.22. The molecular weight excluding hydrogens is 272 g/mol. The van der Waals surface area contributed by atoms with E-state index in [-0.39, 0.29) is 6.10 Å². The average molecular weight is 292 g/mol. The highest BCUT2D eigenvalue weighted by Crippen LogP contribution is 2.33. The van der Waals surface area contributed by atoms with E-state index >= 15 is 0 Å². The van der Waals surface area contributed by atoms with Gasteiger partial charge in [0.25, 0.3) is 0 Å². The summed E-state index contributed by atoms with van der Waals surface area (Å²) in [7, 11) is 1.94. The van der Waals surface area contributed by atoms with Gasteiger partial charge in [-0.25, -0.2) is 4.98 Å². The largest absolute Gasteiger partial charge is 0.373 e. The van der Waals surface area contributed by atoms with E-state index in [0.29, 0.717) is 5.92 Å². The molecule has 3 heterocycles. The van der Waals surface area contributed by atoms with Crippen LogP contribution >= 0.6 is 11.3 Å². The smallest absolute Gasteiger partial charge is 0.0896 e. The summed E-state index contributed by atoms with van der Waals surface area (Å²) < 4.78 is 7.71. The molecule has 2 atom stereocenters. The normalized spacial score (nSPS) is 22.5. The van der Waals surface area contributed by atoms with Gasteiger partial charge in [-0.05, 0) is 13.3 Å². The van der Waals surface area contributed by atoms with Gasteiger partial charge in [-0.2, -0.15) is 5.10 Å². The monoisotopic (exact) mass is 292 g/mol. The Morgan fingerprint density at radius 1 is 1.55 bits per heavy atom. The molecule has 6 heteroatoms. The van der Waals surface area contributed by atoms with E-state index in [0.717, 1.165) is 31.8 Å². The fraction of sp³-hybridized carbons (Fsp3) is 0.571. The van der Waals surface area contributed by atoms with Crippen molar-refractivity contribution in [3.63, 3.8) is 0 Å². The van der Waals surface area contributed by atoms with Crippen LogP contribution in [-0.2, 0) is 18.3 Å². The molecule has 1 aliphatic heterocycles. The van der Waals surface area contributed by atoms with E-state index in [1.807, 2.05) is 23.4 Å². The summed E-state index contributed by atoms with van der Waals surface area (Å²) in [6, 6.07) is 0. The molecule has 0 spiro atoms. The van der Waals surface area contributed by atoms with Gasteiger partial charge in [0, 0.05) is 49.3 Å². The molecule has 0 radical (unpaired) electrons. The quantitative estimate of drug-likeness (QED) is 0.916. The molecule has 1 aliphatic rings. The zero-order chi connectivity index (χ0) is 13.9. The zero-order valence-electron chi connectivity index (χ0n) is 11.9. The number of ether oxygens (including phenoxy) is 1. The summed E-state index contributed by atoms with van der Waals surface area (Å²) in [5, 5.41) is 7.78. The first-order valence-electron chi connectivity index (χ1n) is 6.94. The van der Waals surface area contributed by atoms with Gasteiger partial charge >= 0.3 is 0 Å². The second kappa shape index (κ2) is 6.03. The predicted molar refractivity (Wildman–Crippen MR) is 78.6 cm³/mol. The van der Waals surface area contributed by atoms with E-state index in [1.54, 1.807) is 11.3 Å². The summed E-state index contributed by atoms with van der Waals surface area (Å²) in [4.78, 5) is 5.60. The van der Waals surface area contributed by atoms with Crippen molar-refractivity contribution in [1.29, 1.82) is 0 Å². The predicted octanol–water partition coefficient (Wildman–Crippen LogP) is 2.05. The summed E-state index contributed by atoms with van der Waals surface area (Å²) in [6.07, 6.45) is 5.25. The minimum absolute atomic E-state index is 0.179. The highest BCUT2D eigenvalue weighted by atomic mass is 32.1. The Hall–Kier alpha value is -1.24. The maximum atomic E-state index is 5.87. The number of aryl methyl sites for hydroxylation is 2. The second-order valence-electron chi connectivity index (χ2n) is 5.28. The lowest BCUT2D eigenvalue weighted by Crippen LogP contribution is -2.24. The van der Waals surface area contributed by atoms with Gasteiger partial charge in [-0.15, -0.1) is 11.3 Å². The molecule has 5 nitrogen and oxygen atoms in total. The number of rotatable bonds is 5. The number of nitrogens with one attached hydrogen (secondary N) is 1. The van der Waals surface area contributed by atoms with Crippen LogP contribution in [0.25, 0.3) is 0 Å². The minimum Gasteiger partial charge on any atom is -0.373 e. The number of thiazole rings is 1. The molecule has 1 N–H and O–H groups in total.